The van der Waals surface area contributed by atoms with Crippen LogP contribution >= 0.6 is 11.6 Å². The molecule has 0 aliphatic carbocycles. The van der Waals surface area contributed by atoms with Gasteiger partial charge in [0, 0.05) is 45.3 Å². The number of anilines is 1. The predicted molar refractivity (Wildman–Crippen MR) is 120 cm³/mol. The van der Waals surface area contributed by atoms with Crippen molar-refractivity contribution in [1.29, 1.82) is 0 Å². The maximum atomic E-state index is 13.0. The molecular formula is C22H28ClN5O3. The van der Waals surface area contributed by atoms with Crippen molar-refractivity contribution in [1.82, 2.24) is 19.6 Å². The van der Waals surface area contributed by atoms with Gasteiger partial charge in [0.05, 0.1) is 30.2 Å². The molecule has 0 amide bonds. The van der Waals surface area contributed by atoms with Crippen LogP contribution in [0.15, 0.2) is 35.3 Å². The van der Waals surface area contributed by atoms with Gasteiger partial charge in [0.1, 0.15) is 5.02 Å². The number of hydrogen-bond acceptors (Lipinski definition) is 7. The Balaban J connectivity index is 1.54. The van der Waals surface area contributed by atoms with Crippen LogP contribution in [0.1, 0.15) is 23.7 Å². The Labute approximate surface area is 186 Å². The zero-order valence-electron chi connectivity index (χ0n) is 18.0. The van der Waals surface area contributed by atoms with Crippen LogP contribution in [0.2, 0.25) is 5.02 Å². The van der Waals surface area contributed by atoms with Crippen molar-refractivity contribution in [3.63, 3.8) is 0 Å². The molecule has 3 heterocycles. The van der Waals surface area contributed by atoms with Crippen LogP contribution in [0.5, 0.6) is 0 Å². The molecule has 166 valence electrons. The van der Waals surface area contributed by atoms with E-state index in [0.717, 1.165) is 56.9 Å². The third-order valence-corrected chi connectivity index (χ3v) is 6.67. The molecule has 2 aliphatic rings. The number of rotatable bonds is 5. The molecule has 0 saturated carbocycles. The van der Waals surface area contributed by atoms with E-state index in [9.17, 15) is 9.59 Å². The second-order valence-electron chi connectivity index (χ2n) is 7.93. The number of halogens is 1. The molecule has 1 aromatic carbocycles. The molecule has 0 bridgehead atoms. The third-order valence-electron chi connectivity index (χ3n) is 6.31. The SMILES string of the molecule is CCN1CCN(C2CCN(c3cnn(-c4ccccc4C(=O)OC)c(=O)c3Cl)C2)CC1. The number of carbonyl (C=O) groups excluding carboxylic acids is 1. The number of aromatic nitrogens is 2. The zero-order chi connectivity index (χ0) is 22.0. The van der Waals surface area contributed by atoms with Crippen LogP contribution in [-0.2, 0) is 4.74 Å². The summed E-state index contributed by atoms with van der Waals surface area (Å²) in [7, 11) is 1.30. The third kappa shape index (κ3) is 4.33. The molecule has 2 aliphatic heterocycles. The molecule has 1 unspecified atom stereocenters. The van der Waals surface area contributed by atoms with E-state index in [1.54, 1.807) is 30.5 Å². The summed E-state index contributed by atoms with van der Waals surface area (Å²) in [6, 6.07) is 7.15. The van der Waals surface area contributed by atoms with Gasteiger partial charge < -0.3 is 14.5 Å². The molecule has 0 N–H and O–H groups in total. The molecule has 0 radical (unpaired) electrons. The first kappa shape index (κ1) is 21.8. The van der Waals surface area contributed by atoms with Crippen LogP contribution in [0.4, 0.5) is 5.69 Å². The first-order valence-corrected chi connectivity index (χ1v) is 11.1. The van der Waals surface area contributed by atoms with Gasteiger partial charge >= 0.3 is 5.97 Å². The highest BCUT2D eigenvalue weighted by molar-refractivity contribution is 6.33. The summed E-state index contributed by atoms with van der Waals surface area (Å²) >= 11 is 6.51. The molecule has 8 nitrogen and oxygen atoms in total. The number of nitrogens with zero attached hydrogens (tertiary/aromatic N) is 5. The minimum absolute atomic E-state index is 0.117. The zero-order valence-corrected chi connectivity index (χ0v) is 18.7. The van der Waals surface area contributed by atoms with Crippen LogP contribution in [0, 0.1) is 0 Å². The summed E-state index contributed by atoms with van der Waals surface area (Å²) in [6.07, 6.45) is 2.66. The molecule has 1 aromatic heterocycles. The Hall–Kier alpha value is -2.42. The smallest absolute Gasteiger partial charge is 0.340 e. The number of esters is 1. The molecule has 2 fully saturated rings. The molecule has 31 heavy (non-hydrogen) atoms. The molecule has 9 heteroatoms. The van der Waals surface area contributed by atoms with E-state index < -0.39 is 11.5 Å². The lowest BCUT2D eigenvalue weighted by atomic mass is 10.2. The quantitative estimate of drug-likeness (QED) is 0.651. The van der Waals surface area contributed by atoms with Gasteiger partial charge in [0.15, 0.2) is 0 Å². The van der Waals surface area contributed by atoms with Gasteiger partial charge in [0.2, 0.25) is 0 Å². The van der Waals surface area contributed by atoms with E-state index in [-0.39, 0.29) is 10.6 Å². The molecule has 2 saturated heterocycles. The van der Waals surface area contributed by atoms with Crippen molar-refractivity contribution in [2.24, 2.45) is 0 Å². The first-order valence-electron chi connectivity index (χ1n) is 10.7. The van der Waals surface area contributed by atoms with Crippen molar-refractivity contribution >= 4 is 23.3 Å². The van der Waals surface area contributed by atoms with Crippen LogP contribution < -0.4 is 10.5 Å². The first-order chi connectivity index (χ1) is 15.0. The fourth-order valence-corrected chi connectivity index (χ4v) is 4.71. The fraction of sp³-hybridized carbons (Fsp3) is 0.500. The monoisotopic (exact) mass is 445 g/mol. The van der Waals surface area contributed by atoms with Crippen molar-refractivity contribution in [2.45, 2.75) is 19.4 Å². The number of hydrogen-bond donors (Lipinski definition) is 0. The van der Waals surface area contributed by atoms with Gasteiger partial charge in [-0.2, -0.15) is 9.78 Å². The van der Waals surface area contributed by atoms with E-state index >= 15 is 0 Å². The van der Waals surface area contributed by atoms with E-state index in [1.165, 1.54) is 7.11 Å². The van der Waals surface area contributed by atoms with E-state index in [0.29, 0.717) is 17.4 Å². The summed E-state index contributed by atoms with van der Waals surface area (Å²) in [5.41, 5.74) is 0.806. The number of para-hydroxylation sites is 1. The Morgan fingerprint density at radius 2 is 1.90 bits per heavy atom. The Kier molecular flexibility index (Phi) is 6.60. The second-order valence-corrected chi connectivity index (χ2v) is 8.31. The highest BCUT2D eigenvalue weighted by atomic mass is 35.5. The lowest BCUT2D eigenvalue weighted by Crippen LogP contribution is -2.50. The van der Waals surface area contributed by atoms with E-state index in [1.807, 2.05) is 0 Å². The molecule has 1 atom stereocenters. The van der Waals surface area contributed by atoms with Crippen LogP contribution in [0.25, 0.3) is 5.69 Å². The number of benzene rings is 1. The number of piperazine rings is 1. The fourth-order valence-electron chi connectivity index (χ4n) is 4.46. The number of likely N-dealkylation sites (N-methyl/N-ethyl adjacent to an activating group) is 1. The summed E-state index contributed by atoms with van der Waals surface area (Å²) < 4.78 is 5.99. The van der Waals surface area contributed by atoms with E-state index in [4.69, 9.17) is 16.3 Å². The summed E-state index contributed by atoms with van der Waals surface area (Å²) in [5, 5.41) is 4.46. The predicted octanol–water partition coefficient (Wildman–Crippen LogP) is 1.89. The summed E-state index contributed by atoms with van der Waals surface area (Å²) in [5.74, 6) is -0.532. The average molecular weight is 446 g/mol. The van der Waals surface area contributed by atoms with Crippen LogP contribution in [-0.4, -0.2) is 84.5 Å². The largest absolute Gasteiger partial charge is 0.465 e. The number of methoxy groups -OCH3 is 1. The Bertz CT molecular complexity index is 1000. The Morgan fingerprint density at radius 1 is 1.16 bits per heavy atom. The maximum absolute atomic E-state index is 13.0. The van der Waals surface area contributed by atoms with Crippen molar-refractivity contribution in [3.8, 4) is 5.69 Å². The summed E-state index contributed by atoms with van der Waals surface area (Å²) in [6.45, 7) is 9.32. The van der Waals surface area contributed by atoms with Gasteiger partial charge in [-0.1, -0.05) is 30.7 Å². The maximum Gasteiger partial charge on any atom is 0.340 e. The molecular weight excluding hydrogens is 418 g/mol. The minimum atomic E-state index is -0.532. The van der Waals surface area contributed by atoms with Gasteiger partial charge in [-0.25, -0.2) is 4.79 Å². The minimum Gasteiger partial charge on any atom is -0.465 e. The van der Waals surface area contributed by atoms with Gasteiger partial charge in [0.25, 0.3) is 5.56 Å². The number of ether oxygens (including phenoxy) is 1. The number of carbonyl (C=O) groups is 1. The van der Waals surface area contributed by atoms with Gasteiger partial charge in [-0.15, -0.1) is 0 Å². The highest BCUT2D eigenvalue weighted by Gasteiger charge is 2.31. The van der Waals surface area contributed by atoms with Crippen molar-refractivity contribution < 1.29 is 9.53 Å². The van der Waals surface area contributed by atoms with Gasteiger partial charge in [-0.3, -0.25) is 9.69 Å². The van der Waals surface area contributed by atoms with Gasteiger partial charge in [-0.05, 0) is 25.1 Å². The standard InChI is InChI=1S/C22H28ClN5O3/c1-3-25-10-12-26(13-11-25)16-8-9-27(15-16)19-14-24-28(21(29)20(19)23)18-7-5-4-6-17(18)22(30)31-2/h4-7,14,16H,3,8-13,15H2,1-2H3. The topological polar surface area (TPSA) is 70.9 Å². The summed E-state index contributed by atoms with van der Waals surface area (Å²) in [4.78, 5) is 32.3. The Morgan fingerprint density at radius 3 is 2.61 bits per heavy atom. The lowest BCUT2D eigenvalue weighted by Gasteiger charge is -2.37. The second kappa shape index (κ2) is 9.38. The normalized spacial score (nSPS) is 20.2. The molecule has 4 rings (SSSR count). The van der Waals surface area contributed by atoms with E-state index in [2.05, 4.69) is 26.7 Å². The average Bonchev–Trinajstić information content (AvgIpc) is 3.30. The van der Waals surface area contributed by atoms with Crippen LogP contribution in [0.3, 0.4) is 0 Å². The highest BCUT2D eigenvalue weighted by Crippen LogP contribution is 2.28. The van der Waals surface area contributed by atoms with Crippen molar-refractivity contribution in [2.75, 3.05) is 57.8 Å². The van der Waals surface area contributed by atoms with Crippen molar-refractivity contribution in [3.05, 3.63) is 51.4 Å². The molecule has 2 aromatic rings. The lowest BCUT2D eigenvalue weighted by molar-refractivity contribution is 0.0600. The molecule has 0 spiro atoms.